The largest absolute Gasteiger partial charge is 0.496 e. The van der Waals surface area contributed by atoms with Gasteiger partial charge in [-0.2, -0.15) is 0 Å². The summed E-state index contributed by atoms with van der Waals surface area (Å²) < 4.78 is 6.32. The first-order valence-electron chi connectivity index (χ1n) is 6.23. The van der Waals surface area contributed by atoms with Crippen molar-refractivity contribution < 1.29 is 19.4 Å². The van der Waals surface area contributed by atoms with E-state index in [1.807, 2.05) is 12.1 Å². The molecule has 2 rings (SSSR count). The Morgan fingerprint density at radius 3 is 2.86 bits per heavy atom. The van der Waals surface area contributed by atoms with Crippen LogP contribution in [0.2, 0.25) is 0 Å². The summed E-state index contributed by atoms with van der Waals surface area (Å²) >= 11 is 9.70. The van der Waals surface area contributed by atoms with Crippen molar-refractivity contribution in [1.29, 1.82) is 0 Å². The zero-order valence-corrected chi connectivity index (χ0v) is 14.8. The van der Waals surface area contributed by atoms with Gasteiger partial charge in [-0.1, -0.05) is 30.0 Å². The summed E-state index contributed by atoms with van der Waals surface area (Å²) in [5, 5.41) is 8.71. The maximum atomic E-state index is 12.3. The Balaban J connectivity index is 2.19. The second-order valence-electron chi connectivity index (χ2n) is 4.37. The number of amides is 1. The number of carbonyl (C=O) groups is 2. The first-order chi connectivity index (χ1) is 10.4. The van der Waals surface area contributed by atoms with E-state index in [1.54, 1.807) is 19.3 Å². The molecule has 0 atom stereocenters. The molecule has 0 bridgehead atoms. The average molecular weight is 402 g/mol. The zero-order chi connectivity index (χ0) is 16.3. The molecule has 1 heterocycles. The molecule has 0 spiro atoms. The van der Waals surface area contributed by atoms with Gasteiger partial charge in [0.25, 0.3) is 5.91 Å². The molecule has 0 aromatic heterocycles. The number of carboxylic acids is 1. The molecule has 1 aromatic rings. The number of aliphatic carboxylic acids is 1. The lowest BCUT2D eigenvalue weighted by molar-refractivity contribution is -0.137. The van der Waals surface area contributed by atoms with E-state index in [9.17, 15) is 9.59 Å². The summed E-state index contributed by atoms with van der Waals surface area (Å²) in [4.78, 5) is 24.7. The van der Waals surface area contributed by atoms with Crippen LogP contribution in [0.4, 0.5) is 0 Å². The van der Waals surface area contributed by atoms with Crippen molar-refractivity contribution in [3.63, 3.8) is 0 Å². The molecule has 0 unspecified atom stereocenters. The molecule has 116 valence electrons. The van der Waals surface area contributed by atoms with Crippen LogP contribution in [0.25, 0.3) is 6.08 Å². The van der Waals surface area contributed by atoms with Crippen LogP contribution in [0.15, 0.2) is 27.6 Å². The second kappa shape index (κ2) is 7.26. The summed E-state index contributed by atoms with van der Waals surface area (Å²) in [7, 11) is 1.58. The minimum atomic E-state index is -0.961. The van der Waals surface area contributed by atoms with Crippen LogP contribution in [0.1, 0.15) is 12.0 Å². The lowest BCUT2D eigenvalue weighted by Gasteiger charge is -2.12. The molecular weight excluding hydrogens is 390 g/mol. The molecular formula is C14H12BrNO4S2. The molecule has 1 fully saturated rings. The van der Waals surface area contributed by atoms with Crippen LogP contribution >= 0.6 is 39.9 Å². The van der Waals surface area contributed by atoms with Gasteiger partial charge in [0.1, 0.15) is 10.1 Å². The fraction of sp³-hybridized carbons (Fsp3) is 0.214. The smallest absolute Gasteiger partial charge is 0.305 e. The van der Waals surface area contributed by atoms with Gasteiger partial charge in [-0.05, 0) is 39.7 Å². The number of thiocarbonyl (C=S) groups is 1. The van der Waals surface area contributed by atoms with Gasteiger partial charge in [0, 0.05) is 6.54 Å². The van der Waals surface area contributed by atoms with E-state index < -0.39 is 5.97 Å². The first kappa shape index (κ1) is 17.0. The maximum absolute atomic E-state index is 12.3. The number of carboxylic acid groups (broad SMARTS) is 1. The van der Waals surface area contributed by atoms with Crippen molar-refractivity contribution in [3.8, 4) is 5.75 Å². The minimum absolute atomic E-state index is 0.0870. The van der Waals surface area contributed by atoms with Gasteiger partial charge in [0.15, 0.2) is 0 Å². The summed E-state index contributed by atoms with van der Waals surface area (Å²) in [6.45, 7) is 0.0870. The molecule has 0 radical (unpaired) electrons. The lowest BCUT2D eigenvalue weighted by atomic mass is 10.2. The SMILES string of the molecule is COc1ccc(/C=C2\SC(=S)N(CCC(=O)O)C2=O)cc1Br. The standard InChI is InChI=1S/C14H12BrNO4S2/c1-20-10-3-2-8(6-9(10)15)7-11-13(19)16(14(21)22-11)5-4-12(17)18/h2-3,6-7H,4-5H2,1H3,(H,17,18)/b11-7-. The van der Waals surface area contributed by atoms with Gasteiger partial charge in [-0.3, -0.25) is 14.5 Å². The number of methoxy groups -OCH3 is 1. The minimum Gasteiger partial charge on any atom is -0.496 e. The van der Waals surface area contributed by atoms with Crippen LogP contribution < -0.4 is 4.74 Å². The molecule has 0 aliphatic carbocycles. The summed E-state index contributed by atoms with van der Waals surface area (Å²) in [5.41, 5.74) is 0.825. The lowest BCUT2D eigenvalue weighted by Crippen LogP contribution is -2.30. The van der Waals surface area contributed by atoms with Crippen LogP contribution in [-0.4, -0.2) is 39.9 Å². The number of carbonyl (C=O) groups excluding carboxylic acids is 1. The number of ether oxygens (including phenoxy) is 1. The Morgan fingerprint density at radius 1 is 1.55 bits per heavy atom. The topological polar surface area (TPSA) is 66.8 Å². The summed E-state index contributed by atoms with van der Waals surface area (Å²) in [6, 6.07) is 5.46. The molecule has 1 saturated heterocycles. The normalized spacial score (nSPS) is 16.5. The van der Waals surface area contributed by atoms with E-state index in [-0.39, 0.29) is 18.9 Å². The van der Waals surface area contributed by atoms with E-state index in [4.69, 9.17) is 22.1 Å². The number of thioether (sulfide) groups is 1. The summed E-state index contributed by atoms with van der Waals surface area (Å²) in [6.07, 6.45) is 1.60. The summed E-state index contributed by atoms with van der Waals surface area (Å²) in [5.74, 6) is -0.522. The second-order valence-corrected chi connectivity index (χ2v) is 6.90. The van der Waals surface area contributed by atoms with Crippen molar-refractivity contribution in [1.82, 2.24) is 4.90 Å². The molecule has 22 heavy (non-hydrogen) atoms. The van der Waals surface area contributed by atoms with Gasteiger partial charge < -0.3 is 9.84 Å². The van der Waals surface area contributed by atoms with E-state index in [0.717, 1.165) is 10.0 Å². The van der Waals surface area contributed by atoms with Gasteiger partial charge >= 0.3 is 5.97 Å². The number of rotatable bonds is 5. The van der Waals surface area contributed by atoms with Crippen LogP contribution in [-0.2, 0) is 9.59 Å². The third-order valence-corrected chi connectivity index (χ3v) is 4.89. The van der Waals surface area contributed by atoms with Crippen molar-refractivity contribution >= 4 is 62.2 Å². The van der Waals surface area contributed by atoms with Crippen molar-refractivity contribution in [3.05, 3.63) is 33.1 Å². The molecule has 8 heteroatoms. The van der Waals surface area contributed by atoms with Crippen molar-refractivity contribution in [2.75, 3.05) is 13.7 Å². The van der Waals surface area contributed by atoms with Gasteiger partial charge in [-0.25, -0.2) is 0 Å². The Hall–Kier alpha value is -1.38. The Bertz CT molecular complexity index is 675. The van der Waals surface area contributed by atoms with Crippen molar-refractivity contribution in [2.24, 2.45) is 0 Å². The average Bonchev–Trinajstić information content (AvgIpc) is 2.71. The number of benzene rings is 1. The molecule has 5 nitrogen and oxygen atoms in total. The Kier molecular flexibility index (Phi) is 5.60. The highest BCUT2D eigenvalue weighted by molar-refractivity contribution is 9.10. The number of halogens is 1. The fourth-order valence-electron chi connectivity index (χ4n) is 1.82. The molecule has 1 N–H and O–H groups in total. The van der Waals surface area contributed by atoms with Crippen LogP contribution in [0, 0.1) is 0 Å². The number of hydrogen-bond acceptors (Lipinski definition) is 5. The van der Waals surface area contributed by atoms with Gasteiger partial charge in [0.2, 0.25) is 0 Å². The van der Waals surface area contributed by atoms with Gasteiger partial charge in [-0.15, -0.1) is 0 Å². The van der Waals surface area contributed by atoms with Gasteiger partial charge in [0.05, 0.1) is 22.9 Å². The van der Waals surface area contributed by atoms with E-state index in [0.29, 0.717) is 15.0 Å². The molecule has 1 aromatic carbocycles. The van der Waals surface area contributed by atoms with E-state index >= 15 is 0 Å². The molecule has 0 saturated carbocycles. The highest BCUT2D eigenvalue weighted by Crippen LogP contribution is 2.34. The third-order valence-electron chi connectivity index (χ3n) is 2.90. The fourth-order valence-corrected chi connectivity index (χ4v) is 3.69. The monoisotopic (exact) mass is 401 g/mol. The predicted octanol–water partition coefficient (Wildman–Crippen LogP) is 3.13. The van der Waals surface area contributed by atoms with Crippen LogP contribution in [0.5, 0.6) is 5.75 Å². The molecule has 1 amide bonds. The molecule has 1 aliphatic rings. The predicted molar refractivity (Wildman–Crippen MR) is 92.8 cm³/mol. The van der Waals surface area contributed by atoms with E-state index in [1.165, 1.54) is 16.7 Å². The first-order valence-corrected chi connectivity index (χ1v) is 8.25. The quantitative estimate of drug-likeness (QED) is 0.603. The van der Waals surface area contributed by atoms with Crippen LogP contribution in [0.3, 0.4) is 0 Å². The third kappa shape index (κ3) is 3.88. The highest BCUT2D eigenvalue weighted by Gasteiger charge is 2.32. The Morgan fingerprint density at radius 2 is 2.27 bits per heavy atom. The highest BCUT2D eigenvalue weighted by atomic mass is 79.9. The van der Waals surface area contributed by atoms with Crippen molar-refractivity contribution in [2.45, 2.75) is 6.42 Å². The van der Waals surface area contributed by atoms with E-state index in [2.05, 4.69) is 15.9 Å². The zero-order valence-electron chi connectivity index (χ0n) is 11.5. The number of nitrogens with zero attached hydrogens (tertiary/aromatic N) is 1. The number of hydrogen-bond donors (Lipinski definition) is 1. The molecule has 1 aliphatic heterocycles. The Labute approximate surface area is 145 Å². The maximum Gasteiger partial charge on any atom is 0.305 e.